The second-order valence-electron chi connectivity index (χ2n) is 7.43. The first-order valence-corrected chi connectivity index (χ1v) is 11.0. The molecule has 0 radical (unpaired) electrons. The lowest BCUT2D eigenvalue weighted by Gasteiger charge is -2.23. The average Bonchev–Trinajstić information content (AvgIpc) is 3.10. The smallest absolute Gasteiger partial charge is 0.254 e. The van der Waals surface area contributed by atoms with Gasteiger partial charge in [-0.1, -0.05) is 0 Å². The third-order valence-electron chi connectivity index (χ3n) is 5.59. The van der Waals surface area contributed by atoms with Crippen LogP contribution in [-0.4, -0.2) is 34.3 Å². The fourth-order valence-electron chi connectivity index (χ4n) is 4.55. The Morgan fingerprint density at radius 3 is 2.62 bits per heavy atom. The highest BCUT2D eigenvalue weighted by Gasteiger charge is 2.34. The van der Waals surface area contributed by atoms with Gasteiger partial charge in [-0.15, -0.1) is 5.10 Å². The Hall–Kier alpha value is -2.09. The molecule has 8 heteroatoms. The Bertz CT molecular complexity index is 1000. The maximum absolute atomic E-state index is 13.3. The molecule has 2 heterocycles. The lowest BCUT2D eigenvalue weighted by Crippen LogP contribution is -2.27. The molecule has 2 aromatic heterocycles. The Morgan fingerprint density at radius 2 is 1.88 bits per heavy atom. The Balaban J connectivity index is 1.79. The summed E-state index contributed by atoms with van der Waals surface area (Å²) in [5, 5.41) is 4.34. The summed E-state index contributed by atoms with van der Waals surface area (Å²) in [5.74, 6) is -0.00815. The van der Waals surface area contributed by atoms with Crippen LogP contribution in [0, 0.1) is 6.92 Å². The van der Waals surface area contributed by atoms with Crippen LogP contribution >= 0.6 is 0 Å². The number of rotatable bonds is 2. The molecule has 1 atom stereocenters. The zero-order valence-corrected chi connectivity index (χ0v) is 16.0. The summed E-state index contributed by atoms with van der Waals surface area (Å²) in [7, 11) is -3.39. The van der Waals surface area contributed by atoms with E-state index < -0.39 is 10.0 Å². The van der Waals surface area contributed by atoms with Gasteiger partial charge in [-0.2, -0.15) is 0 Å². The van der Waals surface area contributed by atoms with E-state index >= 15 is 0 Å². The molecule has 7 nitrogen and oxygen atoms in total. The van der Waals surface area contributed by atoms with Crippen LogP contribution in [0.15, 0.2) is 6.07 Å². The summed E-state index contributed by atoms with van der Waals surface area (Å²) < 4.78 is 27.2. The molecule has 0 saturated carbocycles. The van der Waals surface area contributed by atoms with Gasteiger partial charge < -0.3 is 5.73 Å². The highest BCUT2D eigenvalue weighted by molar-refractivity contribution is 7.89. The lowest BCUT2D eigenvalue weighted by molar-refractivity contribution is 0.0847. The summed E-state index contributed by atoms with van der Waals surface area (Å²) in [4.78, 5) is 13.3. The van der Waals surface area contributed by atoms with Crippen molar-refractivity contribution in [3.05, 3.63) is 34.3 Å². The van der Waals surface area contributed by atoms with E-state index in [4.69, 9.17) is 5.73 Å². The van der Waals surface area contributed by atoms with Crippen molar-refractivity contribution in [2.45, 2.75) is 57.8 Å². The van der Waals surface area contributed by atoms with E-state index in [2.05, 4.69) is 5.10 Å². The number of hydrogen-bond acceptors (Lipinski definition) is 5. The first kappa shape index (κ1) is 17.3. The molecule has 0 saturated heterocycles. The van der Waals surface area contributed by atoms with Crippen molar-refractivity contribution in [3.63, 3.8) is 0 Å². The fraction of sp³-hybridized carbons (Fsp3) is 0.556. The highest BCUT2D eigenvalue weighted by atomic mass is 32.2. The van der Waals surface area contributed by atoms with E-state index in [1.807, 2.05) is 6.07 Å². The van der Waals surface area contributed by atoms with Gasteiger partial charge in [0.2, 0.25) is 10.0 Å². The Morgan fingerprint density at radius 1 is 1.19 bits per heavy atom. The van der Waals surface area contributed by atoms with Gasteiger partial charge in [-0.3, -0.25) is 4.79 Å². The molecule has 0 amide bonds. The van der Waals surface area contributed by atoms with Gasteiger partial charge >= 0.3 is 0 Å². The first-order valence-electron chi connectivity index (χ1n) is 9.11. The summed E-state index contributed by atoms with van der Waals surface area (Å²) in [6, 6.07) is 1.84. The van der Waals surface area contributed by atoms with Crippen molar-refractivity contribution in [2.75, 3.05) is 12.0 Å². The average molecular weight is 376 g/mol. The molecule has 2 aliphatic carbocycles. The minimum Gasteiger partial charge on any atom is -0.382 e. The monoisotopic (exact) mass is 376 g/mol. The van der Waals surface area contributed by atoms with Crippen LogP contribution in [0.3, 0.4) is 0 Å². The summed E-state index contributed by atoms with van der Waals surface area (Å²) in [5.41, 5.74) is 10.2. The number of anilines is 1. The number of nitrogen functional groups attached to an aromatic ring is 1. The van der Waals surface area contributed by atoms with E-state index in [1.54, 1.807) is 6.92 Å². The number of aromatic nitrogens is 3. The molecule has 0 aliphatic heterocycles. The summed E-state index contributed by atoms with van der Waals surface area (Å²) >= 11 is 0. The van der Waals surface area contributed by atoms with Crippen LogP contribution in [0.1, 0.15) is 64.6 Å². The fourth-order valence-corrected chi connectivity index (χ4v) is 5.72. The Kier molecular flexibility index (Phi) is 3.98. The van der Waals surface area contributed by atoms with Crippen LogP contribution in [0.2, 0.25) is 0 Å². The third kappa shape index (κ3) is 2.58. The molecular formula is C18H24N4O3S. The molecule has 0 spiro atoms. The lowest BCUT2D eigenvalue weighted by atomic mass is 9.86. The normalized spacial score (nSPS) is 19.8. The van der Waals surface area contributed by atoms with Crippen LogP contribution in [0.4, 0.5) is 5.82 Å². The number of carbonyl (C=O) groups is 1. The van der Waals surface area contributed by atoms with Crippen molar-refractivity contribution >= 4 is 21.7 Å². The molecule has 0 bridgehead atoms. The van der Waals surface area contributed by atoms with Crippen LogP contribution < -0.4 is 5.73 Å². The van der Waals surface area contributed by atoms with Crippen molar-refractivity contribution in [3.8, 4) is 0 Å². The van der Waals surface area contributed by atoms with Gasteiger partial charge in [-0.25, -0.2) is 17.1 Å². The predicted molar refractivity (Wildman–Crippen MR) is 99.0 cm³/mol. The highest BCUT2D eigenvalue weighted by Crippen LogP contribution is 2.37. The summed E-state index contributed by atoms with van der Waals surface area (Å²) in [6.07, 6.45) is 7.14. The minimum atomic E-state index is -3.39. The van der Waals surface area contributed by atoms with Crippen molar-refractivity contribution in [1.82, 2.24) is 13.8 Å². The molecule has 140 valence electrons. The quantitative estimate of drug-likeness (QED) is 0.864. The molecule has 0 aromatic carbocycles. The second kappa shape index (κ2) is 5.97. The van der Waals surface area contributed by atoms with Gasteiger partial charge in [0.05, 0.1) is 17.9 Å². The number of nitrogens with zero attached hydrogens (tertiary/aromatic N) is 3. The summed E-state index contributed by atoms with van der Waals surface area (Å²) in [6.45, 7) is 1.77. The van der Waals surface area contributed by atoms with E-state index in [0.29, 0.717) is 24.4 Å². The zero-order valence-electron chi connectivity index (χ0n) is 15.2. The van der Waals surface area contributed by atoms with Gasteiger partial charge in [0.1, 0.15) is 5.82 Å². The first-order chi connectivity index (χ1) is 12.3. The van der Waals surface area contributed by atoms with Gasteiger partial charge in [0, 0.05) is 17.0 Å². The van der Waals surface area contributed by atoms with Crippen molar-refractivity contribution in [2.24, 2.45) is 0 Å². The molecule has 26 heavy (non-hydrogen) atoms. The van der Waals surface area contributed by atoms with E-state index in [-0.39, 0.29) is 11.8 Å². The molecule has 0 fully saturated rings. The van der Waals surface area contributed by atoms with Crippen LogP contribution in [0.25, 0.3) is 0 Å². The van der Waals surface area contributed by atoms with Crippen molar-refractivity contribution in [1.29, 1.82) is 0 Å². The maximum atomic E-state index is 13.3. The zero-order chi connectivity index (χ0) is 18.6. The number of aryl methyl sites for hydroxylation is 1. The molecule has 2 aliphatic rings. The third-order valence-corrected chi connectivity index (χ3v) is 6.77. The number of nitrogens with two attached hydrogens (primary N) is 1. The molecule has 2 aromatic rings. The minimum absolute atomic E-state index is 0.0912. The standard InChI is InChI=1S/C18H24N4O3S/c1-11-10-14-12(7-5-9-16(14)22(11)26(2,24)25)18(23)21-15-8-4-3-6-13(15)17(19)20-21/h10,12H,3-9H2,1-2H3,(H2,19,20). The van der Waals surface area contributed by atoms with Crippen molar-refractivity contribution < 1.29 is 13.2 Å². The number of fused-ring (bicyclic) bond motifs is 2. The Labute approximate surface area is 153 Å². The second-order valence-corrected chi connectivity index (χ2v) is 9.26. The number of carbonyl (C=O) groups excluding carboxylic acids is 1. The predicted octanol–water partition coefficient (Wildman–Crippen LogP) is 2.02. The topological polar surface area (TPSA) is 100.0 Å². The maximum Gasteiger partial charge on any atom is 0.254 e. The van der Waals surface area contributed by atoms with Gasteiger partial charge in [0.15, 0.2) is 0 Å². The molecule has 2 N–H and O–H groups in total. The molecule has 1 unspecified atom stereocenters. The molecule has 4 rings (SSSR count). The van der Waals surface area contributed by atoms with Crippen LogP contribution in [-0.2, 0) is 29.3 Å². The SMILES string of the molecule is Cc1cc2c(n1S(C)(=O)=O)CCCC2C(=O)n1nc(N)c2c1CCCC2. The molecular weight excluding hydrogens is 352 g/mol. The largest absolute Gasteiger partial charge is 0.382 e. The van der Waals surface area contributed by atoms with E-state index in [0.717, 1.165) is 54.6 Å². The van der Waals surface area contributed by atoms with E-state index in [1.165, 1.54) is 14.9 Å². The van der Waals surface area contributed by atoms with Crippen LogP contribution in [0.5, 0.6) is 0 Å². The van der Waals surface area contributed by atoms with Gasteiger partial charge in [0.25, 0.3) is 5.91 Å². The van der Waals surface area contributed by atoms with Gasteiger partial charge in [-0.05, 0) is 63.5 Å². The van der Waals surface area contributed by atoms with E-state index in [9.17, 15) is 13.2 Å². The number of hydrogen-bond donors (Lipinski definition) is 1.